The largest absolute Gasteiger partial charge is 0.378 e. The lowest BCUT2D eigenvalue weighted by Crippen LogP contribution is -2.05. The van der Waals surface area contributed by atoms with Gasteiger partial charge in [0.15, 0.2) is 5.65 Å². The molecule has 0 bridgehead atoms. The molecule has 0 fully saturated rings. The zero-order chi connectivity index (χ0) is 15.0. The molecule has 2 heterocycles. The number of aryl methyl sites for hydroxylation is 3. The van der Waals surface area contributed by atoms with E-state index in [1.165, 1.54) is 0 Å². The van der Waals surface area contributed by atoms with Crippen molar-refractivity contribution in [3.63, 3.8) is 0 Å². The molecule has 4 heteroatoms. The predicted octanol–water partition coefficient (Wildman–Crippen LogP) is 4.01. The lowest BCUT2D eigenvalue weighted by atomic mass is 10.0. The molecular formula is C17H18FN3. The van der Waals surface area contributed by atoms with Crippen LogP contribution in [0.4, 0.5) is 10.1 Å². The zero-order valence-electron chi connectivity index (χ0n) is 12.4. The second-order valence-corrected chi connectivity index (χ2v) is 5.41. The van der Waals surface area contributed by atoms with Crippen molar-refractivity contribution in [2.45, 2.75) is 27.3 Å². The molecule has 0 aliphatic rings. The van der Waals surface area contributed by atoms with Crippen LogP contribution in [0.2, 0.25) is 0 Å². The Balaban J connectivity index is 1.90. The number of hydrogen-bond donors (Lipinski definition) is 1. The van der Waals surface area contributed by atoms with Crippen LogP contribution in [0.25, 0.3) is 5.65 Å². The maximum Gasteiger partial charge on any atom is 0.160 e. The Morgan fingerprint density at radius 1 is 1.19 bits per heavy atom. The number of fused-ring (bicyclic) bond motifs is 1. The van der Waals surface area contributed by atoms with Crippen LogP contribution in [0.1, 0.15) is 22.4 Å². The highest BCUT2D eigenvalue weighted by Crippen LogP contribution is 2.20. The molecule has 0 saturated heterocycles. The molecule has 1 N–H and O–H groups in total. The van der Waals surface area contributed by atoms with Gasteiger partial charge in [0.1, 0.15) is 5.82 Å². The lowest BCUT2D eigenvalue weighted by molar-refractivity contribution is 0.624. The summed E-state index contributed by atoms with van der Waals surface area (Å²) >= 11 is 0. The summed E-state index contributed by atoms with van der Waals surface area (Å²) in [7, 11) is 0. The van der Waals surface area contributed by atoms with E-state index < -0.39 is 0 Å². The predicted molar refractivity (Wildman–Crippen MR) is 83.1 cm³/mol. The van der Waals surface area contributed by atoms with Gasteiger partial charge in [-0.05, 0) is 61.7 Å². The Kier molecular flexibility index (Phi) is 3.37. The van der Waals surface area contributed by atoms with Gasteiger partial charge in [-0.1, -0.05) is 0 Å². The maximum atomic E-state index is 13.3. The van der Waals surface area contributed by atoms with E-state index in [-0.39, 0.29) is 5.82 Å². The fraction of sp³-hybridized carbons (Fsp3) is 0.235. The van der Waals surface area contributed by atoms with Crippen LogP contribution in [-0.2, 0) is 6.54 Å². The minimum absolute atomic E-state index is 0.181. The number of hydrogen-bond acceptors (Lipinski definition) is 2. The van der Waals surface area contributed by atoms with E-state index in [2.05, 4.69) is 10.3 Å². The van der Waals surface area contributed by atoms with Crippen LogP contribution in [0.5, 0.6) is 0 Å². The molecule has 3 aromatic rings. The van der Waals surface area contributed by atoms with Crippen molar-refractivity contribution >= 4 is 11.3 Å². The van der Waals surface area contributed by atoms with E-state index in [0.717, 1.165) is 33.7 Å². The van der Waals surface area contributed by atoms with Crippen molar-refractivity contribution in [1.29, 1.82) is 0 Å². The van der Waals surface area contributed by atoms with Crippen LogP contribution in [-0.4, -0.2) is 9.38 Å². The van der Waals surface area contributed by atoms with E-state index in [4.69, 9.17) is 0 Å². The van der Waals surface area contributed by atoms with Crippen LogP contribution in [0, 0.1) is 26.6 Å². The Morgan fingerprint density at radius 3 is 2.62 bits per heavy atom. The molecule has 0 aliphatic heterocycles. The first-order valence-corrected chi connectivity index (χ1v) is 6.98. The molecule has 108 valence electrons. The third-order valence-electron chi connectivity index (χ3n) is 3.72. The second kappa shape index (κ2) is 5.20. The number of anilines is 1. The first-order valence-electron chi connectivity index (χ1n) is 6.98. The van der Waals surface area contributed by atoms with Gasteiger partial charge in [-0.15, -0.1) is 0 Å². The number of rotatable bonds is 3. The molecule has 0 radical (unpaired) electrons. The summed E-state index contributed by atoms with van der Waals surface area (Å²) in [5.74, 6) is -0.181. The number of halogens is 1. The van der Waals surface area contributed by atoms with Crippen molar-refractivity contribution < 1.29 is 4.39 Å². The van der Waals surface area contributed by atoms with Crippen molar-refractivity contribution in [2.24, 2.45) is 0 Å². The normalized spacial score (nSPS) is 11.0. The van der Waals surface area contributed by atoms with Crippen LogP contribution in [0.3, 0.4) is 0 Å². The quantitative estimate of drug-likeness (QED) is 0.787. The van der Waals surface area contributed by atoms with Crippen molar-refractivity contribution in [3.8, 4) is 0 Å². The van der Waals surface area contributed by atoms with Crippen LogP contribution < -0.4 is 5.32 Å². The third kappa shape index (κ3) is 2.61. The number of nitrogens with one attached hydrogen (secondary N) is 1. The van der Waals surface area contributed by atoms with Gasteiger partial charge >= 0.3 is 0 Å². The summed E-state index contributed by atoms with van der Waals surface area (Å²) < 4.78 is 15.4. The topological polar surface area (TPSA) is 29.3 Å². The lowest BCUT2D eigenvalue weighted by Gasteiger charge is -2.13. The van der Waals surface area contributed by atoms with Crippen molar-refractivity contribution in [2.75, 3.05) is 5.32 Å². The van der Waals surface area contributed by atoms with E-state index in [9.17, 15) is 4.39 Å². The van der Waals surface area contributed by atoms with Crippen molar-refractivity contribution in [1.82, 2.24) is 9.38 Å². The summed E-state index contributed by atoms with van der Waals surface area (Å²) in [6.07, 6.45) is 3.98. The van der Waals surface area contributed by atoms with Gasteiger partial charge in [-0.25, -0.2) is 9.37 Å². The molecule has 1 aromatic carbocycles. The molecule has 21 heavy (non-hydrogen) atoms. The van der Waals surface area contributed by atoms with Gasteiger partial charge in [0.05, 0.1) is 11.4 Å². The number of pyridine rings is 1. The Hall–Kier alpha value is -2.36. The number of nitrogens with zero attached hydrogens (tertiary/aromatic N) is 2. The minimum atomic E-state index is -0.181. The third-order valence-corrected chi connectivity index (χ3v) is 3.72. The molecular weight excluding hydrogens is 265 g/mol. The summed E-state index contributed by atoms with van der Waals surface area (Å²) in [5.41, 5.74) is 5.93. The maximum absolute atomic E-state index is 13.3. The van der Waals surface area contributed by atoms with Gasteiger partial charge in [0.25, 0.3) is 0 Å². The fourth-order valence-electron chi connectivity index (χ4n) is 2.68. The summed E-state index contributed by atoms with van der Waals surface area (Å²) in [6.45, 7) is 6.51. The SMILES string of the molecule is Cc1cn2cccc(NCc3c(C)cc(F)cc3C)c2n1. The van der Waals surface area contributed by atoms with Crippen LogP contribution >= 0.6 is 0 Å². The molecule has 0 unspecified atom stereocenters. The first-order chi connectivity index (χ1) is 10.0. The minimum Gasteiger partial charge on any atom is -0.378 e. The highest BCUT2D eigenvalue weighted by molar-refractivity contribution is 5.68. The molecule has 3 nitrogen and oxygen atoms in total. The highest BCUT2D eigenvalue weighted by atomic mass is 19.1. The summed E-state index contributed by atoms with van der Waals surface area (Å²) in [4.78, 5) is 4.52. The average Bonchev–Trinajstić information content (AvgIpc) is 2.78. The van der Waals surface area contributed by atoms with Gasteiger partial charge in [-0.3, -0.25) is 0 Å². The monoisotopic (exact) mass is 283 g/mol. The van der Waals surface area contributed by atoms with Gasteiger partial charge in [0.2, 0.25) is 0 Å². The van der Waals surface area contributed by atoms with E-state index in [0.29, 0.717) is 6.54 Å². The highest BCUT2D eigenvalue weighted by Gasteiger charge is 2.08. The fourth-order valence-corrected chi connectivity index (χ4v) is 2.68. The van der Waals surface area contributed by atoms with E-state index in [1.807, 2.05) is 49.7 Å². The molecule has 0 spiro atoms. The molecule has 0 amide bonds. The van der Waals surface area contributed by atoms with E-state index in [1.54, 1.807) is 12.1 Å². The Morgan fingerprint density at radius 2 is 1.90 bits per heavy atom. The molecule has 2 aromatic heterocycles. The van der Waals surface area contributed by atoms with Crippen molar-refractivity contribution in [3.05, 3.63) is 64.9 Å². The number of benzene rings is 1. The number of aromatic nitrogens is 2. The molecule has 0 atom stereocenters. The average molecular weight is 283 g/mol. The molecule has 0 saturated carbocycles. The second-order valence-electron chi connectivity index (χ2n) is 5.41. The summed E-state index contributed by atoms with van der Waals surface area (Å²) in [5, 5.41) is 3.41. The molecule has 0 aliphatic carbocycles. The Bertz CT molecular complexity index is 782. The van der Waals surface area contributed by atoms with Gasteiger partial charge < -0.3 is 9.72 Å². The van der Waals surface area contributed by atoms with Crippen LogP contribution in [0.15, 0.2) is 36.7 Å². The summed E-state index contributed by atoms with van der Waals surface area (Å²) in [6, 6.07) is 7.14. The van der Waals surface area contributed by atoms with Gasteiger partial charge in [-0.2, -0.15) is 0 Å². The zero-order valence-corrected chi connectivity index (χ0v) is 12.4. The molecule has 3 rings (SSSR count). The standard InChI is InChI=1S/C17H18FN3/c1-11-7-14(18)8-12(2)15(11)9-19-16-5-4-6-21-10-13(3)20-17(16)21/h4-8,10,19H,9H2,1-3H3. The first kappa shape index (κ1) is 13.6. The number of imidazole rings is 1. The van der Waals surface area contributed by atoms with E-state index >= 15 is 0 Å². The smallest absolute Gasteiger partial charge is 0.160 e. The Labute approximate surface area is 123 Å². The van der Waals surface area contributed by atoms with Gasteiger partial charge in [0, 0.05) is 18.9 Å².